The van der Waals surface area contributed by atoms with Gasteiger partial charge in [-0.2, -0.15) is 9.38 Å². The molecule has 0 amide bonds. The number of ether oxygens (including phenoxy) is 1. The van der Waals surface area contributed by atoms with E-state index in [1.165, 1.54) is 20.6 Å². The minimum absolute atomic E-state index is 0.0838. The molecule has 19 heavy (non-hydrogen) atoms. The Labute approximate surface area is 112 Å². The monoisotopic (exact) mass is 284 g/mol. The number of esters is 1. The summed E-state index contributed by atoms with van der Waals surface area (Å²) in [7, 11) is 1.57. The van der Waals surface area contributed by atoms with Gasteiger partial charge in [0.25, 0.3) is 4.96 Å². The quantitative estimate of drug-likeness (QED) is 0.467. The van der Waals surface area contributed by atoms with Gasteiger partial charge in [-0.05, 0) is 11.8 Å². The number of aromatic nitrogens is 2. The summed E-state index contributed by atoms with van der Waals surface area (Å²) in [5.41, 5.74) is 0. The first-order chi connectivity index (χ1) is 9.04. The highest BCUT2D eigenvalue weighted by Crippen LogP contribution is 2.30. The summed E-state index contributed by atoms with van der Waals surface area (Å²) in [5, 5.41) is 12.8. The molecule has 0 radical (unpaired) electrons. The lowest BCUT2D eigenvalue weighted by molar-refractivity contribution is -0.389. The third kappa shape index (κ3) is 2.50. The highest BCUT2D eigenvalue weighted by Gasteiger charge is 2.27. The molecule has 0 unspecified atom stereocenters. The number of imidazole rings is 1. The third-order valence-corrected chi connectivity index (χ3v) is 3.18. The highest BCUT2D eigenvalue weighted by atomic mass is 32.1. The van der Waals surface area contributed by atoms with Crippen LogP contribution in [0.15, 0.2) is 11.6 Å². The van der Waals surface area contributed by atoms with Gasteiger partial charge in [-0.25, -0.2) is 0 Å². The van der Waals surface area contributed by atoms with E-state index in [9.17, 15) is 14.9 Å². The van der Waals surface area contributed by atoms with E-state index >= 15 is 0 Å². The van der Waals surface area contributed by atoms with Gasteiger partial charge in [0.1, 0.15) is 12.7 Å². The Kier molecular flexibility index (Phi) is 3.65. The molecule has 2 aromatic rings. The maximum absolute atomic E-state index is 11.4. The molecule has 0 fully saturated rings. The Bertz CT molecular complexity index is 620. The fourth-order valence-corrected chi connectivity index (χ4v) is 2.37. The molecule has 0 saturated carbocycles. The molecule has 8 nitrogen and oxygen atoms in total. The number of thiazole rings is 1. The van der Waals surface area contributed by atoms with Crippen LogP contribution < -0.4 is 4.90 Å². The second-order valence-corrected chi connectivity index (χ2v) is 4.61. The summed E-state index contributed by atoms with van der Waals surface area (Å²) in [6.07, 6.45) is 1.58. The molecule has 0 N–H and O–H groups in total. The van der Waals surface area contributed by atoms with Crippen molar-refractivity contribution in [1.82, 2.24) is 9.38 Å². The molecule has 0 spiro atoms. The number of fused-ring (bicyclic) bond motifs is 1. The van der Waals surface area contributed by atoms with Gasteiger partial charge in [0.2, 0.25) is 5.82 Å². The summed E-state index contributed by atoms with van der Waals surface area (Å²) in [6.45, 7) is 1.89. The zero-order valence-corrected chi connectivity index (χ0v) is 11.2. The second kappa shape index (κ2) is 5.22. The molecule has 0 saturated heterocycles. The van der Waals surface area contributed by atoms with Gasteiger partial charge in [0.15, 0.2) is 0 Å². The van der Waals surface area contributed by atoms with E-state index in [-0.39, 0.29) is 24.8 Å². The first-order valence-corrected chi connectivity index (χ1v) is 6.39. The molecular formula is C10H12N4O4S. The lowest BCUT2D eigenvalue weighted by atomic mass is 10.5. The predicted molar refractivity (Wildman–Crippen MR) is 69.6 cm³/mol. The molecule has 0 aliphatic heterocycles. The first kappa shape index (κ1) is 13.3. The Balaban J connectivity index is 2.33. The van der Waals surface area contributed by atoms with Gasteiger partial charge in [0, 0.05) is 12.4 Å². The molecular weight excluding hydrogens is 272 g/mol. The van der Waals surface area contributed by atoms with E-state index in [0.717, 1.165) is 0 Å². The maximum Gasteiger partial charge on any atom is 0.373 e. The number of carbonyl (C=O) groups excluding carboxylic acids is 1. The number of nitro groups is 1. The average molecular weight is 284 g/mol. The van der Waals surface area contributed by atoms with Crippen LogP contribution in [0, 0.1) is 10.1 Å². The molecule has 2 aromatic heterocycles. The van der Waals surface area contributed by atoms with E-state index in [1.807, 2.05) is 0 Å². The van der Waals surface area contributed by atoms with Crippen molar-refractivity contribution in [3.8, 4) is 0 Å². The standard InChI is InChI=1S/C10H12N4O4S/c1-3-18-7(15)6-12(2)8-9(14(16)17)13-4-5-19-10(13)11-8/h4-5H,3,6H2,1-2H3. The summed E-state index contributed by atoms with van der Waals surface area (Å²) >= 11 is 1.29. The van der Waals surface area contributed by atoms with Crippen LogP contribution >= 0.6 is 11.3 Å². The van der Waals surface area contributed by atoms with Crippen LogP contribution in [-0.4, -0.2) is 40.5 Å². The van der Waals surface area contributed by atoms with Crippen molar-refractivity contribution in [1.29, 1.82) is 0 Å². The van der Waals surface area contributed by atoms with Crippen molar-refractivity contribution >= 4 is 33.9 Å². The Hall–Kier alpha value is -2.16. The number of hydrogen-bond donors (Lipinski definition) is 0. The molecule has 2 heterocycles. The van der Waals surface area contributed by atoms with Gasteiger partial charge in [-0.15, -0.1) is 0 Å². The second-order valence-electron chi connectivity index (χ2n) is 3.73. The first-order valence-electron chi connectivity index (χ1n) is 5.51. The van der Waals surface area contributed by atoms with E-state index in [0.29, 0.717) is 4.96 Å². The van der Waals surface area contributed by atoms with E-state index in [2.05, 4.69) is 4.98 Å². The number of anilines is 1. The minimum Gasteiger partial charge on any atom is -0.465 e. The Morgan fingerprint density at radius 1 is 1.68 bits per heavy atom. The Morgan fingerprint density at radius 2 is 2.42 bits per heavy atom. The normalized spacial score (nSPS) is 10.6. The lowest BCUT2D eigenvalue weighted by Gasteiger charge is -2.14. The largest absolute Gasteiger partial charge is 0.465 e. The van der Waals surface area contributed by atoms with Gasteiger partial charge in [0.05, 0.1) is 6.61 Å². The molecule has 2 rings (SSSR count). The van der Waals surface area contributed by atoms with Gasteiger partial charge in [-0.1, -0.05) is 11.3 Å². The Morgan fingerprint density at radius 3 is 3.05 bits per heavy atom. The summed E-state index contributed by atoms with van der Waals surface area (Å²) < 4.78 is 6.20. The zero-order chi connectivity index (χ0) is 14.0. The van der Waals surface area contributed by atoms with Crippen LogP contribution in [0.25, 0.3) is 4.96 Å². The number of likely N-dealkylation sites (N-methyl/N-ethyl adjacent to an activating group) is 1. The smallest absolute Gasteiger partial charge is 0.373 e. The van der Waals surface area contributed by atoms with Crippen molar-refractivity contribution in [2.75, 3.05) is 25.1 Å². The fourth-order valence-electron chi connectivity index (χ4n) is 1.66. The van der Waals surface area contributed by atoms with Gasteiger partial charge >= 0.3 is 11.8 Å². The lowest BCUT2D eigenvalue weighted by Crippen LogP contribution is -2.28. The molecule has 0 atom stereocenters. The molecule has 0 bridgehead atoms. The molecule has 0 aromatic carbocycles. The molecule has 102 valence electrons. The third-order valence-electron chi connectivity index (χ3n) is 2.43. The molecule has 0 aliphatic carbocycles. The van der Waals surface area contributed by atoms with E-state index < -0.39 is 10.9 Å². The van der Waals surface area contributed by atoms with Gasteiger partial charge < -0.3 is 19.8 Å². The molecule has 9 heteroatoms. The van der Waals surface area contributed by atoms with Crippen LogP contribution in [-0.2, 0) is 9.53 Å². The highest BCUT2D eigenvalue weighted by molar-refractivity contribution is 7.15. The topological polar surface area (TPSA) is 90.0 Å². The van der Waals surface area contributed by atoms with Crippen molar-refractivity contribution in [3.63, 3.8) is 0 Å². The minimum atomic E-state index is -0.510. The van der Waals surface area contributed by atoms with E-state index in [4.69, 9.17) is 4.74 Å². The maximum atomic E-state index is 11.4. The fraction of sp³-hybridized carbons (Fsp3) is 0.400. The van der Waals surface area contributed by atoms with E-state index in [1.54, 1.807) is 25.5 Å². The van der Waals surface area contributed by atoms with Crippen LogP contribution in [0.1, 0.15) is 6.92 Å². The van der Waals surface area contributed by atoms with Crippen molar-refractivity contribution in [2.45, 2.75) is 6.92 Å². The van der Waals surface area contributed by atoms with Crippen LogP contribution in [0.2, 0.25) is 0 Å². The average Bonchev–Trinajstić information content (AvgIpc) is 2.86. The van der Waals surface area contributed by atoms with Gasteiger partial charge in [-0.3, -0.25) is 4.79 Å². The summed E-state index contributed by atoms with van der Waals surface area (Å²) in [4.78, 5) is 28.1. The summed E-state index contributed by atoms with van der Waals surface area (Å²) in [5.74, 6) is -0.441. The molecule has 0 aliphatic rings. The van der Waals surface area contributed by atoms with Crippen LogP contribution in [0.3, 0.4) is 0 Å². The number of carbonyl (C=O) groups is 1. The SMILES string of the molecule is CCOC(=O)CN(C)c1nc2sccn2c1[N+](=O)[O-]. The number of nitrogens with zero attached hydrogens (tertiary/aromatic N) is 4. The van der Waals surface area contributed by atoms with Crippen molar-refractivity contribution in [2.24, 2.45) is 0 Å². The zero-order valence-electron chi connectivity index (χ0n) is 10.4. The number of rotatable bonds is 5. The van der Waals surface area contributed by atoms with Crippen molar-refractivity contribution in [3.05, 3.63) is 21.7 Å². The van der Waals surface area contributed by atoms with Crippen molar-refractivity contribution < 1.29 is 14.5 Å². The number of hydrogen-bond acceptors (Lipinski definition) is 7. The predicted octanol–water partition coefficient (Wildman–Crippen LogP) is 1.30. The van der Waals surface area contributed by atoms with Crippen LogP contribution in [0.4, 0.5) is 11.6 Å². The van der Waals surface area contributed by atoms with Crippen LogP contribution in [0.5, 0.6) is 0 Å². The summed E-state index contributed by atoms with van der Waals surface area (Å²) in [6, 6.07) is 0.